The van der Waals surface area contributed by atoms with Gasteiger partial charge in [-0.2, -0.15) is 13.2 Å². The minimum Gasteiger partial charge on any atom is -0.326 e. The summed E-state index contributed by atoms with van der Waals surface area (Å²) in [5.41, 5.74) is -0.652. The van der Waals surface area contributed by atoms with E-state index in [0.717, 1.165) is 12.1 Å². The second-order valence-electron chi connectivity index (χ2n) is 4.32. The molecule has 0 radical (unpaired) electrons. The molecule has 0 aliphatic carbocycles. The predicted octanol–water partition coefficient (Wildman–Crippen LogP) is 3.09. The van der Waals surface area contributed by atoms with E-state index in [9.17, 15) is 28.1 Å². The van der Waals surface area contributed by atoms with Crippen molar-refractivity contribution in [3.8, 4) is 0 Å². The van der Waals surface area contributed by atoms with Gasteiger partial charge in [0.05, 0.1) is 4.92 Å². The van der Waals surface area contributed by atoms with Crippen molar-refractivity contribution in [1.29, 1.82) is 0 Å². The van der Waals surface area contributed by atoms with Gasteiger partial charge in [0.15, 0.2) is 0 Å². The fourth-order valence-electron chi connectivity index (χ4n) is 1.84. The number of nitro groups is 1. The molecule has 0 heterocycles. The molecular weight excluding hydrogens is 289 g/mol. The lowest BCUT2D eigenvalue weighted by molar-refractivity contribution is -0.385. The highest BCUT2D eigenvalue weighted by Gasteiger charge is 2.35. The second-order valence-corrected chi connectivity index (χ2v) is 4.32. The molecule has 0 saturated heterocycles. The molecule has 0 unspecified atom stereocenters. The zero-order chi connectivity index (χ0) is 16.2. The number of carbonyl (C=O) groups excluding carboxylic acids is 1. The first-order valence-electron chi connectivity index (χ1n) is 5.88. The quantitative estimate of drug-likeness (QED) is 0.477. The smallest absolute Gasteiger partial charge is 0.326 e. The van der Waals surface area contributed by atoms with Crippen molar-refractivity contribution < 1.29 is 22.9 Å². The van der Waals surface area contributed by atoms with Crippen molar-refractivity contribution in [3.63, 3.8) is 0 Å². The van der Waals surface area contributed by atoms with Gasteiger partial charge < -0.3 is 4.90 Å². The summed E-state index contributed by atoms with van der Waals surface area (Å²) in [6, 6.07) is 3.94. The van der Waals surface area contributed by atoms with Crippen LogP contribution in [0.5, 0.6) is 0 Å². The lowest BCUT2D eigenvalue weighted by Gasteiger charge is -2.22. The number of para-hydroxylation sites is 1. The molecule has 0 aromatic heterocycles. The summed E-state index contributed by atoms with van der Waals surface area (Å²) in [6.07, 6.45) is -3.47. The van der Waals surface area contributed by atoms with Crippen LogP contribution in [0.1, 0.15) is 15.9 Å². The Balaban J connectivity index is 3.24. The average molecular weight is 302 g/mol. The van der Waals surface area contributed by atoms with Crippen LogP contribution < -0.4 is 0 Å². The number of halogens is 3. The van der Waals surface area contributed by atoms with Gasteiger partial charge in [0.2, 0.25) is 0 Å². The molecule has 0 bridgehead atoms. The molecule has 0 saturated carbocycles. The van der Waals surface area contributed by atoms with Crippen LogP contribution in [-0.2, 0) is 0 Å². The number of nitro benzene ring substituents is 1. The molecule has 0 fully saturated rings. The molecule has 0 aliphatic rings. The van der Waals surface area contributed by atoms with Crippen LogP contribution in [-0.4, -0.2) is 35.0 Å². The van der Waals surface area contributed by atoms with E-state index in [0.29, 0.717) is 4.90 Å². The first kappa shape index (κ1) is 16.7. The van der Waals surface area contributed by atoms with E-state index in [1.807, 2.05) is 0 Å². The number of carbonyl (C=O) groups is 1. The third-order valence-electron chi connectivity index (χ3n) is 2.66. The molecule has 0 N–H and O–H groups in total. The number of alkyl halides is 3. The zero-order valence-corrected chi connectivity index (χ0v) is 11.2. The lowest BCUT2D eigenvalue weighted by atomic mass is 10.1. The Labute approximate surface area is 118 Å². The molecule has 1 amide bonds. The summed E-state index contributed by atoms with van der Waals surface area (Å²) in [5.74, 6) is -1.05. The fraction of sp³-hybridized carbons (Fsp3) is 0.308. The van der Waals surface area contributed by atoms with Crippen molar-refractivity contribution in [3.05, 3.63) is 52.1 Å². The Morgan fingerprint density at radius 1 is 1.48 bits per heavy atom. The van der Waals surface area contributed by atoms with Crippen LogP contribution in [0, 0.1) is 17.0 Å². The molecular formula is C13H13F3N2O3. The van der Waals surface area contributed by atoms with Gasteiger partial charge in [0, 0.05) is 12.1 Å². The first-order valence-corrected chi connectivity index (χ1v) is 5.88. The van der Waals surface area contributed by atoms with Gasteiger partial charge in [-0.25, -0.2) is 0 Å². The van der Waals surface area contributed by atoms with Gasteiger partial charge in [-0.1, -0.05) is 18.2 Å². The topological polar surface area (TPSA) is 63.5 Å². The van der Waals surface area contributed by atoms with Crippen molar-refractivity contribution >= 4 is 11.6 Å². The maximum absolute atomic E-state index is 12.5. The first-order chi connectivity index (χ1) is 9.67. The van der Waals surface area contributed by atoms with Gasteiger partial charge in [-0.15, -0.1) is 6.58 Å². The van der Waals surface area contributed by atoms with Gasteiger partial charge >= 0.3 is 6.18 Å². The third kappa shape index (κ3) is 4.30. The van der Waals surface area contributed by atoms with Crippen LogP contribution in [0.25, 0.3) is 0 Å². The van der Waals surface area contributed by atoms with Crippen LogP contribution in [0.3, 0.4) is 0 Å². The normalized spacial score (nSPS) is 11.0. The number of aryl methyl sites for hydroxylation is 1. The number of benzene rings is 1. The minimum absolute atomic E-state index is 0.205. The molecule has 0 spiro atoms. The van der Waals surface area contributed by atoms with Crippen LogP contribution in [0.2, 0.25) is 0 Å². The molecule has 8 heteroatoms. The van der Waals surface area contributed by atoms with Crippen molar-refractivity contribution in [1.82, 2.24) is 4.90 Å². The highest BCUT2D eigenvalue weighted by atomic mass is 19.4. The average Bonchev–Trinajstić information content (AvgIpc) is 2.35. The Kier molecular flexibility index (Phi) is 5.07. The van der Waals surface area contributed by atoms with E-state index < -0.39 is 29.2 Å². The second kappa shape index (κ2) is 6.38. The Hall–Kier alpha value is -2.38. The molecule has 5 nitrogen and oxygen atoms in total. The van der Waals surface area contributed by atoms with Gasteiger partial charge in [-0.3, -0.25) is 14.9 Å². The summed E-state index contributed by atoms with van der Waals surface area (Å²) in [6.45, 7) is 2.84. The SMILES string of the molecule is C=CCN(CC(F)(F)F)C(=O)c1cccc(C)c1[N+](=O)[O-]. The van der Waals surface area contributed by atoms with E-state index >= 15 is 0 Å². The molecule has 1 rings (SSSR count). The maximum atomic E-state index is 12.5. The highest BCUT2D eigenvalue weighted by Crippen LogP contribution is 2.26. The molecule has 0 aliphatic heterocycles. The number of hydrogen-bond donors (Lipinski definition) is 0. The molecule has 1 aromatic carbocycles. The zero-order valence-electron chi connectivity index (χ0n) is 11.2. The van der Waals surface area contributed by atoms with Gasteiger partial charge in [0.25, 0.3) is 11.6 Å². The monoisotopic (exact) mass is 302 g/mol. The predicted molar refractivity (Wildman–Crippen MR) is 70.0 cm³/mol. The molecule has 1 aromatic rings. The largest absolute Gasteiger partial charge is 0.406 e. The summed E-state index contributed by atoms with van der Waals surface area (Å²) < 4.78 is 37.4. The Morgan fingerprint density at radius 2 is 2.10 bits per heavy atom. The van der Waals surface area contributed by atoms with Crippen molar-refractivity contribution in [2.45, 2.75) is 13.1 Å². The van der Waals surface area contributed by atoms with E-state index in [1.54, 1.807) is 0 Å². The Bertz CT molecular complexity index is 570. The number of nitrogens with zero attached hydrogens (tertiary/aromatic N) is 2. The van der Waals surface area contributed by atoms with E-state index in [-0.39, 0.29) is 17.7 Å². The van der Waals surface area contributed by atoms with Crippen molar-refractivity contribution in [2.24, 2.45) is 0 Å². The van der Waals surface area contributed by atoms with E-state index in [1.165, 1.54) is 19.1 Å². The fourth-order valence-corrected chi connectivity index (χ4v) is 1.84. The number of rotatable bonds is 5. The van der Waals surface area contributed by atoms with Gasteiger partial charge in [0.1, 0.15) is 12.1 Å². The summed E-state index contributed by atoms with van der Waals surface area (Å²) in [7, 11) is 0. The van der Waals surface area contributed by atoms with Crippen molar-refractivity contribution in [2.75, 3.05) is 13.1 Å². The lowest BCUT2D eigenvalue weighted by Crippen LogP contribution is -2.39. The van der Waals surface area contributed by atoms with Crippen LogP contribution in [0.4, 0.5) is 18.9 Å². The minimum atomic E-state index is -4.60. The summed E-state index contributed by atoms with van der Waals surface area (Å²) in [5, 5.41) is 11.0. The third-order valence-corrected chi connectivity index (χ3v) is 2.66. The number of amides is 1. The molecule has 0 atom stereocenters. The molecule has 114 valence electrons. The number of hydrogen-bond acceptors (Lipinski definition) is 3. The Morgan fingerprint density at radius 3 is 2.57 bits per heavy atom. The van der Waals surface area contributed by atoms with Crippen LogP contribution in [0.15, 0.2) is 30.9 Å². The highest BCUT2D eigenvalue weighted by molar-refractivity contribution is 5.98. The maximum Gasteiger partial charge on any atom is 0.406 e. The molecule has 21 heavy (non-hydrogen) atoms. The van der Waals surface area contributed by atoms with Gasteiger partial charge in [-0.05, 0) is 13.0 Å². The van der Waals surface area contributed by atoms with E-state index in [4.69, 9.17) is 0 Å². The summed E-state index contributed by atoms with van der Waals surface area (Å²) >= 11 is 0. The standard InChI is InChI=1S/C13H13F3N2O3/c1-3-7-17(8-13(14,15)16)12(19)10-6-4-5-9(2)11(10)18(20)21/h3-6H,1,7-8H2,2H3. The van der Waals surface area contributed by atoms with E-state index in [2.05, 4.69) is 6.58 Å². The van der Waals surface area contributed by atoms with Crippen LogP contribution >= 0.6 is 0 Å². The summed E-state index contributed by atoms with van der Waals surface area (Å²) in [4.78, 5) is 22.9.